The zero-order valence-corrected chi connectivity index (χ0v) is 14.8. The molecule has 3 N–H and O–H groups in total. The minimum absolute atomic E-state index is 0.162. The Bertz CT molecular complexity index is 697. The highest BCUT2D eigenvalue weighted by molar-refractivity contribution is 7.16. The number of nitrogens with zero attached hydrogens (tertiary/aromatic N) is 2. The van der Waals surface area contributed by atoms with Gasteiger partial charge < -0.3 is 10.4 Å². The fraction of sp³-hybridized carbons (Fsp3) is 0.533. The first kappa shape index (κ1) is 16.4. The first-order valence-electron chi connectivity index (χ1n) is 7.66. The van der Waals surface area contributed by atoms with Gasteiger partial charge in [-0.15, -0.1) is 22.7 Å². The van der Waals surface area contributed by atoms with Gasteiger partial charge in [0.25, 0.3) is 0 Å². The molecule has 2 aromatic rings. The third-order valence-corrected chi connectivity index (χ3v) is 5.86. The quantitative estimate of drug-likeness (QED) is 0.789. The van der Waals surface area contributed by atoms with Crippen molar-refractivity contribution < 1.29 is 9.90 Å². The first-order chi connectivity index (χ1) is 11.0. The van der Waals surface area contributed by atoms with Gasteiger partial charge in [0.1, 0.15) is 0 Å². The van der Waals surface area contributed by atoms with Gasteiger partial charge in [-0.25, -0.2) is 14.8 Å². The van der Waals surface area contributed by atoms with Crippen LogP contribution in [0, 0.1) is 19.8 Å². The maximum Gasteiger partial charge on any atom is 0.321 e. The summed E-state index contributed by atoms with van der Waals surface area (Å²) in [5.74, 6) is 0.162. The molecule has 124 valence electrons. The molecule has 2 unspecified atom stereocenters. The van der Waals surface area contributed by atoms with E-state index < -0.39 is 0 Å². The normalized spacial score (nSPS) is 20.7. The highest BCUT2D eigenvalue weighted by Crippen LogP contribution is 2.32. The predicted molar refractivity (Wildman–Crippen MR) is 93.1 cm³/mol. The number of hydrogen-bond acceptors (Lipinski definition) is 6. The van der Waals surface area contributed by atoms with Crippen LogP contribution in [0.5, 0.6) is 0 Å². The van der Waals surface area contributed by atoms with Crippen LogP contribution in [0.4, 0.5) is 9.93 Å². The fourth-order valence-electron chi connectivity index (χ4n) is 2.82. The van der Waals surface area contributed by atoms with Crippen molar-refractivity contribution in [2.24, 2.45) is 5.92 Å². The Labute approximate surface area is 143 Å². The van der Waals surface area contributed by atoms with Crippen molar-refractivity contribution in [2.45, 2.75) is 39.2 Å². The lowest BCUT2D eigenvalue weighted by atomic mass is 10.1. The van der Waals surface area contributed by atoms with Gasteiger partial charge in [-0.05, 0) is 26.7 Å². The van der Waals surface area contributed by atoms with Crippen molar-refractivity contribution in [3.63, 3.8) is 0 Å². The van der Waals surface area contributed by atoms with Crippen molar-refractivity contribution in [3.05, 3.63) is 16.1 Å². The van der Waals surface area contributed by atoms with Gasteiger partial charge in [0, 0.05) is 17.8 Å². The number of hydrogen-bond donors (Lipinski definition) is 3. The van der Waals surface area contributed by atoms with Crippen LogP contribution < -0.4 is 10.6 Å². The lowest BCUT2D eigenvalue weighted by Crippen LogP contribution is -2.35. The summed E-state index contributed by atoms with van der Waals surface area (Å²) in [5, 5.41) is 18.8. The number of thiazole rings is 2. The van der Waals surface area contributed by atoms with Crippen LogP contribution in [0.3, 0.4) is 0 Å². The molecule has 1 fully saturated rings. The van der Waals surface area contributed by atoms with E-state index in [1.165, 1.54) is 11.3 Å². The minimum Gasteiger partial charge on any atom is -0.393 e. The molecule has 2 aromatic heterocycles. The lowest BCUT2D eigenvalue weighted by Gasteiger charge is -2.14. The van der Waals surface area contributed by atoms with E-state index in [0.29, 0.717) is 11.7 Å². The van der Waals surface area contributed by atoms with Crippen LogP contribution in [0.25, 0.3) is 10.6 Å². The molecule has 0 saturated heterocycles. The largest absolute Gasteiger partial charge is 0.393 e. The van der Waals surface area contributed by atoms with Crippen molar-refractivity contribution in [1.82, 2.24) is 15.3 Å². The van der Waals surface area contributed by atoms with Crippen LogP contribution in [0.1, 0.15) is 30.0 Å². The first-order valence-corrected chi connectivity index (χ1v) is 9.35. The number of aromatic nitrogens is 2. The number of urea groups is 1. The smallest absolute Gasteiger partial charge is 0.321 e. The standard InChI is InChI=1S/C15H20N4O2S2/c1-8-13(23-9(2)17-8)11-7-22-15(18-11)19-14(21)16-6-10-4-3-5-12(10)20/h7,10,12,20H,3-6H2,1-2H3,(H2,16,18,19,21). The van der Waals surface area contributed by atoms with E-state index in [-0.39, 0.29) is 18.1 Å². The lowest BCUT2D eigenvalue weighted by molar-refractivity contribution is 0.133. The second kappa shape index (κ2) is 6.94. The summed E-state index contributed by atoms with van der Waals surface area (Å²) in [6, 6.07) is -0.276. The summed E-state index contributed by atoms with van der Waals surface area (Å²) < 4.78 is 0. The maximum absolute atomic E-state index is 11.9. The highest BCUT2D eigenvalue weighted by Gasteiger charge is 2.25. The summed E-state index contributed by atoms with van der Waals surface area (Å²) in [6.07, 6.45) is 2.53. The van der Waals surface area contributed by atoms with Gasteiger partial charge in [0.05, 0.1) is 27.4 Å². The molecule has 23 heavy (non-hydrogen) atoms. The topological polar surface area (TPSA) is 87.1 Å². The molecular weight excluding hydrogens is 332 g/mol. The van der Waals surface area contributed by atoms with Gasteiger partial charge in [0.2, 0.25) is 0 Å². The van der Waals surface area contributed by atoms with Gasteiger partial charge >= 0.3 is 6.03 Å². The Morgan fingerprint density at radius 2 is 2.22 bits per heavy atom. The monoisotopic (exact) mass is 352 g/mol. The SMILES string of the molecule is Cc1nc(C)c(-c2csc(NC(=O)NCC3CCCC3O)n2)s1. The van der Waals surface area contributed by atoms with Crippen molar-refractivity contribution in [2.75, 3.05) is 11.9 Å². The third-order valence-electron chi connectivity index (χ3n) is 4.00. The van der Waals surface area contributed by atoms with Crippen molar-refractivity contribution >= 4 is 33.8 Å². The van der Waals surface area contributed by atoms with Crippen LogP contribution in [0.15, 0.2) is 5.38 Å². The van der Waals surface area contributed by atoms with E-state index in [9.17, 15) is 9.90 Å². The van der Waals surface area contributed by atoms with E-state index in [1.54, 1.807) is 11.3 Å². The molecule has 8 heteroatoms. The molecular formula is C15H20N4O2S2. The third kappa shape index (κ3) is 3.88. The number of nitrogens with one attached hydrogen (secondary N) is 2. The molecule has 1 aliphatic carbocycles. The van der Waals surface area contributed by atoms with E-state index in [2.05, 4.69) is 20.6 Å². The molecule has 1 aliphatic rings. The average Bonchev–Trinajstić information content (AvgIpc) is 3.18. The molecule has 0 spiro atoms. The second-order valence-corrected chi connectivity index (χ2v) is 7.84. The highest BCUT2D eigenvalue weighted by atomic mass is 32.1. The molecule has 0 aliphatic heterocycles. The molecule has 0 radical (unpaired) electrons. The number of aliphatic hydroxyl groups is 1. The maximum atomic E-state index is 11.9. The number of amides is 2. The molecule has 6 nitrogen and oxygen atoms in total. The van der Waals surface area contributed by atoms with E-state index in [1.807, 2.05) is 19.2 Å². The summed E-state index contributed by atoms with van der Waals surface area (Å²) in [4.78, 5) is 21.8. The Balaban J connectivity index is 1.56. The summed E-state index contributed by atoms with van der Waals surface area (Å²) in [6.45, 7) is 4.43. The van der Waals surface area contributed by atoms with Gasteiger partial charge in [-0.1, -0.05) is 6.42 Å². The number of aryl methyl sites for hydroxylation is 2. The number of carbonyl (C=O) groups excluding carboxylic acids is 1. The predicted octanol–water partition coefficient (Wildman–Crippen LogP) is 3.17. The van der Waals surface area contributed by atoms with E-state index in [0.717, 1.165) is 40.5 Å². The second-order valence-electron chi connectivity index (χ2n) is 5.78. The van der Waals surface area contributed by atoms with Crippen molar-refractivity contribution in [3.8, 4) is 10.6 Å². The summed E-state index contributed by atoms with van der Waals surface area (Å²) >= 11 is 3.00. The van der Waals surface area contributed by atoms with E-state index in [4.69, 9.17) is 0 Å². The summed E-state index contributed by atoms with van der Waals surface area (Å²) in [7, 11) is 0. The van der Waals surface area contributed by atoms with E-state index >= 15 is 0 Å². The molecule has 2 atom stereocenters. The Morgan fingerprint density at radius 1 is 1.39 bits per heavy atom. The molecule has 0 bridgehead atoms. The molecule has 3 rings (SSSR count). The number of rotatable bonds is 4. The fourth-order valence-corrected chi connectivity index (χ4v) is 4.48. The average molecular weight is 352 g/mol. The number of aliphatic hydroxyl groups excluding tert-OH is 1. The van der Waals surface area contributed by atoms with Gasteiger partial charge in [-0.3, -0.25) is 5.32 Å². The molecule has 1 saturated carbocycles. The van der Waals surface area contributed by atoms with Crippen LogP contribution in [-0.2, 0) is 0 Å². The molecule has 0 aromatic carbocycles. The van der Waals surface area contributed by atoms with Crippen LogP contribution in [-0.4, -0.2) is 33.8 Å². The Kier molecular flexibility index (Phi) is 4.93. The van der Waals surface area contributed by atoms with Gasteiger partial charge in [-0.2, -0.15) is 0 Å². The van der Waals surface area contributed by atoms with Gasteiger partial charge in [0.15, 0.2) is 5.13 Å². The minimum atomic E-state index is -0.292. The number of carbonyl (C=O) groups is 1. The zero-order valence-electron chi connectivity index (χ0n) is 13.1. The number of anilines is 1. The van der Waals surface area contributed by atoms with Crippen LogP contribution >= 0.6 is 22.7 Å². The van der Waals surface area contributed by atoms with Crippen molar-refractivity contribution in [1.29, 1.82) is 0 Å². The molecule has 2 heterocycles. The summed E-state index contributed by atoms with van der Waals surface area (Å²) in [5.41, 5.74) is 1.81. The Morgan fingerprint density at radius 3 is 2.87 bits per heavy atom. The molecule has 2 amide bonds. The van der Waals surface area contributed by atoms with Crippen LogP contribution in [0.2, 0.25) is 0 Å². The Hall–Kier alpha value is -1.51. The zero-order chi connectivity index (χ0) is 16.4.